The average Bonchev–Trinajstić information content (AvgIpc) is 2.16. The Labute approximate surface area is 85.0 Å². The van der Waals surface area contributed by atoms with Gasteiger partial charge in [0.2, 0.25) is 0 Å². The zero-order valence-corrected chi connectivity index (χ0v) is 9.23. The molecule has 0 aromatic carbocycles. The fourth-order valence-corrected chi connectivity index (χ4v) is 2.98. The van der Waals surface area contributed by atoms with E-state index in [0.29, 0.717) is 11.8 Å². The average molecular weight is 195 g/mol. The van der Waals surface area contributed by atoms with Gasteiger partial charge in [-0.3, -0.25) is 4.99 Å². The molecule has 0 bridgehead atoms. The summed E-state index contributed by atoms with van der Waals surface area (Å²) in [5.41, 5.74) is 2.44. The number of nitrogens with zero attached hydrogens (tertiary/aromatic N) is 1. The Kier molecular flexibility index (Phi) is 3.79. The third-order valence-corrected chi connectivity index (χ3v) is 3.57. The zero-order chi connectivity index (χ0) is 9.84. The molecule has 0 saturated carbocycles. The standard InChI is InChI=1S/C11H17NS/c1-5-9-6-13-7-10(8(2)3)11(9)12-4/h5,8,10H,1,4,6-7H2,2-3H3. The second-order valence-corrected chi connectivity index (χ2v) is 4.67. The fraction of sp³-hybridized carbons (Fsp3) is 0.545. The van der Waals surface area contributed by atoms with Crippen LogP contribution < -0.4 is 0 Å². The van der Waals surface area contributed by atoms with Crippen molar-refractivity contribution in [2.24, 2.45) is 16.8 Å². The molecule has 1 nitrogen and oxygen atoms in total. The van der Waals surface area contributed by atoms with Crippen LogP contribution in [0.15, 0.2) is 28.9 Å². The molecule has 0 spiro atoms. The van der Waals surface area contributed by atoms with Crippen molar-refractivity contribution in [2.75, 3.05) is 11.5 Å². The maximum Gasteiger partial charge on any atom is 0.0478 e. The summed E-state index contributed by atoms with van der Waals surface area (Å²) in [6.45, 7) is 11.9. The second-order valence-electron chi connectivity index (χ2n) is 3.64. The Morgan fingerprint density at radius 3 is 2.77 bits per heavy atom. The highest BCUT2D eigenvalue weighted by Crippen LogP contribution is 2.34. The van der Waals surface area contributed by atoms with Crippen molar-refractivity contribution < 1.29 is 0 Å². The summed E-state index contributed by atoms with van der Waals surface area (Å²) in [4.78, 5) is 4.15. The SMILES string of the molecule is C=CC1=C(N=C)C(C(C)C)CSC1. The first kappa shape index (κ1) is 10.6. The molecule has 0 aromatic rings. The van der Waals surface area contributed by atoms with Crippen LogP contribution in [0.25, 0.3) is 0 Å². The molecule has 1 heterocycles. The number of hydrogen-bond acceptors (Lipinski definition) is 2. The smallest absolute Gasteiger partial charge is 0.0478 e. The summed E-state index contributed by atoms with van der Waals surface area (Å²) in [7, 11) is 0. The van der Waals surface area contributed by atoms with E-state index in [2.05, 4.69) is 32.1 Å². The molecule has 0 N–H and O–H groups in total. The molecular weight excluding hydrogens is 178 g/mol. The first-order valence-electron chi connectivity index (χ1n) is 4.60. The first-order chi connectivity index (χ1) is 6.20. The largest absolute Gasteiger partial charge is 0.268 e. The van der Waals surface area contributed by atoms with Gasteiger partial charge in [-0.05, 0) is 18.2 Å². The van der Waals surface area contributed by atoms with Gasteiger partial charge in [0.15, 0.2) is 0 Å². The van der Waals surface area contributed by atoms with Crippen LogP contribution in [0.1, 0.15) is 13.8 Å². The van der Waals surface area contributed by atoms with E-state index in [9.17, 15) is 0 Å². The zero-order valence-electron chi connectivity index (χ0n) is 8.42. The van der Waals surface area contributed by atoms with Crippen molar-refractivity contribution in [1.29, 1.82) is 0 Å². The maximum absolute atomic E-state index is 4.15. The quantitative estimate of drug-likeness (QED) is 0.630. The van der Waals surface area contributed by atoms with E-state index in [1.165, 1.54) is 17.0 Å². The molecule has 72 valence electrons. The lowest BCUT2D eigenvalue weighted by molar-refractivity contribution is 0.479. The highest BCUT2D eigenvalue weighted by Gasteiger charge is 2.23. The highest BCUT2D eigenvalue weighted by molar-refractivity contribution is 7.99. The lowest BCUT2D eigenvalue weighted by Crippen LogP contribution is -2.19. The molecule has 0 aliphatic carbocycles. The number of thioether (sulfide) groups is 1. The molecule has 0 aromatic heterocycles. The van der Waals surface area contributed by atoms with Crippen LogP contribution in [0, 0.1) is 11.8 Å². The van der Waals surface area contributed by atoms with Gasteiger partial charge in [0.1, 0.15) is 0 Å². The molecule has 0 fully saturated rings. The molecule has 0 saturated heterocycles. The van der Waals surface area contributed by atoms with Crippen molar-refractivity contribution in [1.82, 2.24) is 0 Å². The topological polar surface area (TPSA) is 12.4 Å². The summed E-state index contributed by atoms with van der Waals surface area (Å²) >= 11 is 1.97. The molecule has 1 rings (SSSR count). The summed E-state index contributed by atoms with van der Waals surface area (Å²) < 4.78 is 0. The molecule has 0 amide bonds. The normalized spacial score (nSPS) is 23.5. The van der Waals surface area contributed by atoms with Crippen molar-refractivity contribution in [2.45, 2.75) is 13.8 Å². The molecule has 0 radical (unpaired) electrons. The van der Waals surface area contributed by atoms with Crippen LogP contribution in [0.2, 0.25) is 0 Å². The third-order valence-electron chi connectivity index (χ3n) is 2.46. The van der Waals surface area contributed by atoms with E-state index >= 15 is 0 Å². The van der Waals surface area contributed by atoms with Gasteiger partial charge in [0, 0.05) is 23.1 Å². The fourth-order valence-electron chi connectivity index (χ4n) is 1.58. The van der Waals surface area contributed by atoms with E-state index in [1.54, 1.807) is 0 Å². The van der Waals surface area contributed by atoms with Crippen LogP contribution in [-0.2, 0) is 0 Å². The molecule has 1 unspecified atom stereocenters. The van der Waals surface area contributed by atoms with Gasteiger partial charge in [0.25, 0.3) is 0 Å². The van der Waals surface area contributed by atoms with Crippen molar-refractivity contribution in [3.63, 3.8) is 0 Å². The molecule has 1 aliphatic heterocycles. The Morgan fingerprint density at radius 2 is 2.31 bits per heavy atom. The van der Waals surface area contributed by atoms with E-state index in [1.807, 2.05) is 17.8 Å². The summed E-state index contributed by atoms with van der Waals surface area (Å²) in [6.07, 6.45) is 1.92. The van der Waals surface area contributed by atoms with Crippen LogP contribution in [0.3, 0.4) is 0 Å². The van der Waals surface area contributed by atoms with Gasteiger partial charge in [-0.25, -0.2) is 0 Å². The predicted octanol–water partition coefficient (Wildman–Crippen LogP) is 3.15. The molecule has 1 aliphatic rings. The first-order valence-corrected chi connectivity index (χ1v) is 5.76. The van der Waals surface area contributed by atoms with Crippen molar-refractivity contribution in [3.05, 3.63) is 23.9 Å². The molecule has 2 heteroatoms. The molecular formula is C11H17NS. The Hall–Kier alpha value is -0.500. The summed E-state index contributed by atoms with van der Waals surface area (Å²) in [5, 5.41) is 0. The van der Waals surface area contributed by atoms with Crippen LogP contribution >= 0.6 is 11.8 Å². The monoisotopic (exact) mass is 195 g/mol. The minimum absolute atomic E-state index is 0.559. The van der Waals surface area contributed by atoms with Crippen molar-refractivity contribution >= 4 is 18.5 Å². The summed E-state index contributed by atoms with van der Waals surface area (Å²) in [6, 6.07) is 0. The van der Waals surface area contributed by atoms with E-state index < -0.39 is 0 Å². The number of allylic oxidation sites excluding steroid dienone is 2. The van der Waals surface area contributed by atoms with E-state index in [-0.39, 0.29) is 0 Å². The highest BCUT2D eigenvalue weighted by atomic mass is 32.2. The Balaban J connectivity index is 2.98. The van der Waals surface area contributed by atoms with Gasteiger partial charge in [-0.15, -0.1) is 0 Å². The minimum atomic E-state index is 0.559. The van der Waals surface area contributed by atoms with Crippen LogP contribution in [0.5, 0.6) is 0 Å². The third kappa shape index (κ3) is 2.25. The molecule has 1 atom stereocenters. The Bertz CT molecular complexity index is 240. The Morgan fingerprint density at radius 1 is 1.62 bits per heavy atom. The minimum Gasteiger partial charge on any atom is -0.268 e. The van der Waals surface area contributed by atoms with Gasteiger partial charge < -0.3 is 0 Å². The molecule has 13 heavy (non-hydrogen) atoms. The maximum atomic E-state index is 4.15. The van der Waals surface area contributed by atoms with Gasteiger partial charge in [-0.1, -0.05) is 26.5 Å². The van der Waals surface area contributed by atoms with Gasteiger partial charge >= 0.3 is 0 Å². The summed E-state index contributed by atoms with van der Waals surface area (Å²) in [5.74, 6) is 3.41. The number of hydrogen-bond donors (Lipinski definition) is 0. The van der Waals surface area contributed by atoms with Gasteiger partial charge in [-0.2, -0.15) is 11.8 Å². The van der Waals surface area contributed by atoms with Crippen molar-refractivity contribution in [3.8, 4) is 0 Å². The lowest BCUT2D eigenvalue weighted by Gasteiger charge is -2.27. The van der Waals surface area contributed by atoms with E-state index in [4.69, 9.17) is 0 Å². The van der Waals surface area contributed by atoms with Gasteiger partial charge in [0.05, 0.1) is 0 Å². The number of rotatable bonds is 3. The number of aliphatic imine (C=N–C) groups is 1. The van der Waals surface area contributed by atoms with E-state index in [0.717, 1.165) is 5.75 Å². The van der Waals surface area contributed by atoms with Crippen LogP contribution in [0.4, 0.5) is 0 Å². The predicted molar refractivity (Wildman–Crippen MR) is 62.4 cm³/mol. The lowest BCUT2D eigenvalue weighted by atomic mass is 9.91. The second kappa shape index (κ2) is 4.66. The van der Waals surface area contributed by atoms with Crippen LogP contribution in [-0.4, -0.2) is 18.2 Å².